The number of halogens is 11. The van der Waals surface area contributed by atoms with E-state index in [1.807, 2.05) is 0 Å². The summed E-state index contributed by atoms with van der Waals surface area (Å²) in [6.45, 7) is -0.679. The van der Waals surface area contributed by atoms with Crippen LogP contribution in [0.1, 0.15) is 30.3 Å². The predicted octanol–water partition coefficient (Wildman–Crippen LogP) is 4.96. The highest BCUT2D eigenvalue weighted by molar-refractivity contribution is 14.1. The summed E-state index contributed by atoms with van der Waals surface area (Å²) in [6.07, 6.45) is -24.2. The lowest BCUT2D eigenvalue weighted by atomic mass is 9.91. The van der Waals surface area contributed by atoms with Crippen LogP contribution >= 0.6 is 22.6 Å². The summed E-state index contributed by atoms with van der Waals surface area (Å²) in [4.78, 5) is 5.67. The molecule has 1 N–H and O–H groups in total. The van der Waals surface area contributed by atoms with Crippen molar-refractivity contribution in [1.82, 2.24) is 9.97 Å². The second-order valence-corrected chi connectivity index (χ2v) is 6.78. The molecular weight excluding hydrogens is 545 g/mol. The molecule has 0 aliphatic carbocycles. The molecule has 1 heterocycles. The van der Waals surface area contributed by atoms with Gasteiger partial charge in [-0.1, -0.05) is 22.6 Å². The molecule has 168 valence electrons. The SMILES string of the molecule is OC(CC(OCCCI)C(F)(C(F)(F)F)C(F)(F)F)c1cnc(C(F)(F)F)nc1. The molecule has 0 aromatic carbocycles. The number of ether oxygens (including phenoxy) is 1. The second kappa shape index (κ2) is 9.45. The van der Waals surface area contributed by atoms with Gasteiger partial charge in [0.25, 0.3) is 0 Å². The molecule has 1 aromatic rings. The number of hydrogen-bond donors (Lipinski definition) is 1. The third kappa shape index (κ3) is 6.26. The van der Waals surface area contributed by atoms with Crippen LogP contribution in [0, 0.1) is 0 Å². The Hall–Kier alpha value is -0.970. The van der Waals surface area contributed by atoms with Gasteiger partial charge in [-0.05, 0) is 6.42 Å². The Kier molecular flexibility index (Phi) is 8.49. The lowest BCUT2D eigenvalue weighted by molar-refractivity contribution is -0.370. The van der Waals surface area contributed by atoms with Gasteiger partial charge in [0.15, 0.2) is 0 Å². The minimum atomic E-state index is -6.43. The third-order valence-corrected chi connectivity index (χ3v) is 4.38. The molecule has 0 fully saturated rings. The first-order valence-corrected chi connectivity index (χ1v) is 9.15. The lowest BCUT2D eigenvalue weighted by Gasteiger charge is -2.37. The van der Waals surface area contributed by atoms with Gasteiger partial charge in [0, 0.05) is 35.4 Å². The summed E-state index contributed by atoms with van der Waals surface area (Å²) in [5.41, 5.74) is -6.47. The second-order valence-electron chi connectivity index (χ2n) is 5.70. The van der Waals surface area contributed by atoms with Gasteiger partial charge in [0.2, 0.25) is 5.82 Å². The fourth-order valence-electron chi connectivity index (χ4n) is 2.15. The van der Waals surface area contributed by atoms with E-state index in [4.69, 9.17) is 0 Å². The van der Waals surface area contributed by atoms with Crippen molar-refractivity contribution in [3.05, 3.63) is 23.8 Å². The van der Waals surface area contributed by atoms with Crippen molar-refractivity contribution in [2.24, 2.45) is 0 Å². The highest BCUT2D eigenvalue weighted by Gasteiger charge is 2.76. The number of rotatable bonds is 8. The molecule has 2 atom stereocenters. The highest BCUT2D eigenvalue weighted by atomic mass is 127. The van der Waals surface area contributed by atoms with Crippen molar-refractivity contribution >= 4 is 22.6 Å². The van der Waals surface area contributed by atoms with Crippen LogP contribution in [0.3, 0.4) is 0 Å². The predicted molar refractivity (Wildman–Crippen MR) is 85.8 cm³/mol. The molecule has 15 heteroatoms. The Morgan fingerprint density at radius 3 is 1.79 bits per heavy atom. The molecule has 1 rings (SSSR count). The summed E-state index contributed by atoms with van der Waals surface area (Å²) in [5, 5.41) is 9.89. The fourth-order valence-corrected chi connectivity index (χ4v) is 2.46. The molecular formula is C14H13F10IN2O2. The van der Waals surface area contributed by atoms with Gasteiger partial charge in [-0.15, -0.1) is 0 Å². The summed E-state index contributed by atoms with van der Waals surface area (Å²) in [7, 11) is 0. The zero-order valence-corrected chi connectivity index (χ0v) is 16.2. The molecule has 0 spiro atoms. The van der Waals surface area contributed by atoms with Gasteiger partial charge < -0.3 is 9.84 Å². The molecule has 29 heavy (non-hydrogen) atoms. The van der Waals surface area contributed by atoms with Gasteiger partial charge in [0.05, 0.1) is 6.10 Å². The normalized spacial score (nSPS) is 16.0. The highest BCUT2D eigenvalue weighted by Crippen LogP contribution is 2.51. The largest absolute Gasteiger partial charge is 0.451 e. The average Bonchev–Trinajstić information content (AvgIpc) is 2.57. The van der Waals surface area contributed by atoms with Crippen molar-refractivity contribution in [2.75, 3.05) is 11.0 Å². The topological polar surface area (TPSA) is 55.2 Å². The van der Waals surface area contributed by atoms with Crippen molar-refractivity contribution in [3.8, 4) is 0 Å². The monoisotopic (exact) mass is 558 g/mol. The quantitative estimate of drug-likeness (QED) is 0.212. The van der Waals surface area contributed by atoms with Crippen LogP contribution in [0.15, 0.2) is 12.4 Å². The van der Waals surface area contributed by atoms with Crippen molar-refractivity contribution < 1.29 is 53.7 Å². The maximum Gasteiger partial charge on any atom is 0.451 e. The summed E-state index contributed by atoms with van der Waals surface area (Å²) in [6, 6.07) is 0. The third-order valence-electron chi connectivity index (χ3n) is 3.61. The number of aromatic nitrogens is 2. The average molecular weight is 558 g/mol. The maximum atomic E-state index is 14.3. The Morgan fingerprint density at radius 1 is 0.931 bits per heavy atom. The first kappa shape index (κ1) is 26.1. The van der Waals surface area contributed by atoms with E-state index in [0.717, 1.165) is 0 Å². The number of alkyl halides is 11. The first-order chi connectivity index (χ1) is 13.1. The molecule has 2 unspecified atom stereocenters. The van der Waals surface area contributed by atoms with E-state index in [-0.39, 0.29) is 10.8 Å². The van der Waals surface area contributed by atoms with Crippen LogP contribution in [-0.2, 0) is 10.9 Å². The van der Waals surface area contributed by atoms with Crippen LogP contribution in [0.25, 0.3) is 0 Å². The van der Waals surface area contributed by atoms with Crippen LogP contribution in [-0.4, -0.2) is 50.2 Å². The number of aliphatic hydroxyl groups excluding tert-OH is 1. The van der Waals surface area contributed by atoms with E-state index in [1.54, 1.807) is 22.6 Å². The summed E-state index contributed by atoms with van der Waals surface area (Å²) in [5.74, 6) is -1.64. The van der Waals surface area contributed by atoms with Crippen molar-refractivity contribution in [2.45, 2.75) is 49.2 Å². The zero-order chi connectivity index (χ0) is 22.7. The fraction of sp³-hybridized carbons (Fsp3) is 0.714. The minimum absolute atomic E-state index is 0.0116. The number of nitrogens with zero attached hydrogens (tertiary/aromatic N) is 2. The van der Waals surface area contributed by atoms with E-state index in [0.29, 0.717) is 12.4 Å². The molecule has 4 nitrogen and oxygen atoms in total. The molecule has 0 aliphatic rings. The Morgan fingerprint density at radius 2 is 1.41 bits per heavy atom. The molecule has 1 aromatic heterocycles. The maximum absolute atomic E-state index is 14.3. The van der Waals surface area contributed by atoms with Crippen molar-refractivity contribution in [1.29, 1.82) is 0 Å². The molecule has 0 radical (unpaired) electrons. The van der Waals surface area contributed by atoms with Crippen LogP contribution in [0.4, 0.5) is 43.9 Å². The number of hydrogen-bond acceptors (Lipinski definition) is 4. The van der Waals surface area contributed by atoms with E-state index >= 15 is 0 Å². The number of aliphatic hydroxyl groups is 1. The van der Waals surface area contributed by atoms with E-state index in [2.05, 4.69) is 14.7 Å². The molecule has 0 bridgehead atoms. The van der Waals surface area contributed by atoms with Gasteiger partial charge >= 0.3 is 24.2 Å². The smallest absolute Gasteiger partial charge is 0.388 e. The van der Waals surface area contributed by atoms with Gasteiger partial charge in [0.1, 0.15) is 6.10 Å². The first-order valence-electron chi connectivity index (χ1n) is 7.62. The Bertz CT molecular complexity index is 634. The minimum Gasteiger partial charge on any atom is -0.388 e. The van der Waals surface area contributed by atoms with Crippen LogP contribution < -0.4 is 0 Å². The Balaban J connectivity index is 3.20. The molecule has 0 saturated heterocycles. The van der Waals surface area contributed by atoms with Crippen LogP contribution in [0.2, 0.25) is 0 Å². The molecule has 0 saturated carbocycles. The standard InChI is InChI=1S/C14H13F10IN2O2/c15-11(13(19,20)21,14(22,23)24)9(29-3-1-2-25)4-8(28)7-5-26-10(27-6-7)12(16,17)18/h5-6,8-9,28H,1-4H2. The van der Waals surface area contributed by atoms with Crippen molar-refractivity contribution in [3.63, 3.8) is 0 Å². The lowest BCUT2D eigenvalue weighted by Crippen LogP contribution is -2.62. The van der Waals surface area contributed by atoms with E-state index in [9.17, 15) is 49.0 Å². The van der Waals surface area contributed by atoms with E-state index < -0.39 is 60.8 Å². The van der Waals surface area contributed by atoms with Gasteiger partial charge in [-0.25, -0.2) is 14.4 Å². The summed E-state index contributed by atoms with van der Waals surface area (Å²) >= 11 is 1.76. The van der Waals surface area contributed by atoms with Crippen LogP contribution in [0.5, 0.6) is 0 Å². The molecule has 0 amide bonds. The molecule has 0 aliphatic heterocycles. The van der Waals surface area contributed by atoms with Gasteiger partial charge in [-0.3, -0.25) is 0 Å². The summed E-state index contributed by atoms with van der Waals surface area (Å²) < 4.78 is 134. The zero-order valence-electron chi connectivity index (χ0n) is 14.0. The Labute approximate surface area is 170 Å². The van der Waals surface area contributed by atoms with E-state index in [1.165, 1.54) is 0 Å². The van der Waals surface area contributed by atoms with Gasteiger partial charge in [-0.2, -0.15) is 39.5 Å².